The zero-order valence-corrected chi connectivity index (χ0v) is 36.9. The Labute approximate surface area is 364 Å². The van der Waals surface area contributed by atoms with Gasteiger partial charge in [-0.05, 0) is 0 Å². The van der Waals surface area contributed by atoms with E-state index in [0.29, 0.717) is 31.8 Å². The molecule has 0 N–H and O–H groups in total. The fourth-order valence-electron chi connectivity index (χ4n) is 8.57. The molecule has 0 amide bonds. The van der Waals surface area contributed by atoms with Crippen molar-refractivity contribution in [3.05, 3.63) is 254 Å². The fraction of sp³-hybridized carbons (Fsp3) is 0.0400. The summed E-state index contributed by atoms with van der Waals surface area (Å²) in [6.45, 7) is -9.56. The van der Waals surface area contributed by atoms with Gasteiger partial charge >= 0.3 is 366 Å². The molecule has 62 heavy (non-hydrogen) atoms. The summed E-state index contributed by atoms with van der Waals surface area (Å²) in [7, 11) is -10.9. The van der Waals surface area contributed by atoms with Gasteiger partial charge < -0.3 is 0 Å². The van der Waals surface area contributed by atoms with Crippen LogP contribution < -0.4 is 31.8 Å². The molecule has 0 aliphatic heterocycles. The van der Waals surface area contributed by atoms with Crippen LogP contribution in [0.1, 0.15) is 11.1 Å². The van der Waals surface area contributed by atoms with Gasteiger partial charge in [-0.3, -0.25) is 0 Å². The number of hydrogen-bond acceptors (Lipinski definition) is 8. The number of rotatable bonds is 17. The van der Waals surface area contributed by atoms with E-state index in [-0.39, 0.29) is 12.3 Å². The maximum absolute atomic E-state index is 14.9. The predicted molar refractivity (Wildman–Crippen MR) is 253 cm³/mol. The van der Waals surface area contributed by atoms with E-state index >= 15 is 0 Å². The molecule has 0 unspecified atom stereocenters. The van der Waals surface area contributed by atoms with Crippen LogP contribution in [-0.2, 0) is 49.7 Å². The Morgan fingerprint density at radius 1 is 0.274 bits per heavy atom. The van der Waals surface area contributed by atoms with Crippen molar-refractivity contribution in [2.24, 2.45) is 0 Å². The van der Waals surface area contributed by atoms with Gasteiger partial charge in [-0.1, -0.05) is 0 Å². The summed E-state index contributed by atoms with van der Waals surface area (Å²) >= 11 is 0. The molecule has 0 aliphatic rings. The summed E-state index contributed by atoms with van der Waals surface area (Å²) in [5.74, 6) is 0. The van der Waals surface area contributed by atoms with Crippen molar-refractivity contribution < 1.29 is 33.4 Å². The molecule has 0 aromatic heterocycles. The van der Waals surface area contributed by atoms with Gasteiger partial charge in [-0.25, -0.2) is 0 Å². The predicted octanol–water partition coefficient (Wildman–Crippen LogP) is 8.75. The number of benzene rings is 8. The van der Waals surface area contributed by atoms with Gasteiger partial charge in [-0.15, -0.1) is 0 Å². The van der Waals surface area contributed by atoms with Gasteiger partial charge in [0, 0.05) is 0 Å². The van der Waals surface area contributed by atoms with Gasteiger partial charge in [0.2, 0.25) is 0 Å². The van der Waals surface area contributed by atoms with Crippen LogP contribution in [0.2, 0.25) is 0 Å². The Morgan fingerprint density at radius 2 is 0.452 bits per heavy atom. The molecule has 0 saturated heterocycles. The van der Waals surface area contributed by atoms with Crippen molar-refractivity contribution in [2.75, 3.05) is 0 Å². The Morgan fingerprint density at radius 3 is 0.645 bits per heavy atom. The second-order valence-corrected chi connectivity index (χ2v) is 26.5. The molecule has 12 heteroatoms. The summed E-state index contributed by atoms with van der Waals surface area (Å²) in [6.07, 6.45) is 0.111. The number of hydrogen-bond donors (Lipinski definition) is 0. The molecule has 8 rings (SSSR count). The molecule has 8 aromatic rings. The van der Waals surface area contributed by atoms with Crippen LogP contribution in [0.15, 0.2) is 243 Å². The quantitative estimate of drug-likeness (QED) is 0.0508. The minimum atomic E-state index is -5.43. The van der Waals surface area contributed by atoms with Gasteiger partial charge in [0.05, 0.1) is 0 Å². The Kier molecular flexibility index (Phi) is 12.2. The first-order chi connectivity index (χ1) is 30.1. The molecule has 0 radical (unpaired) electrons. The SMILES string of the molecule is O=S(=O)(OOS(=O)(=O)OP(Cc1ccccc1)(c1ccccc1)(c1ccccc1)c1ccccc1)OP(Cc1ccccc1)(c1ccccc1)(c1ccccc1)c1ccccc1. The molecule has 0 bridgehead atoms. The van der Waals surface area contributed by atoms with E-state index in [0.717, 1.165) is 11.1 Å². The van der Waals surface area contributed by atoms with Crippen molar-refractivity contribution >= 4 is 66.3 Å². The van der Waals surface area contributed by atoms with Gasteiger partial charge in [0.25, 0.3) is 0 Å². The zero-order chi connectivity index (χ0) is 43.0. The standard InChI is InChI=1S/C50H44O8P2S2/c51-61(52,57-59(45-29-13-3-14-30-45,46-31-15-4-16-32-46,47-33-17-5-18-34-47)41-43-25-9-1-10-26-43)55-56-62(53,54)58-60(48-35-19-6-20-36-48,49-37-21-7-22-38-49,50-39-23-8-24-40-50)42-44-27-11-2-12-28-44/h1-40H,41-42H2. The molecule has 0 fully saturated rings. The third-order valence-corrected chi connectivity index (χ3v) is 26.1. The van der Waals surface area contributed by atoms with E-state index in [2.05, 4.69) is 0 Å². The van der Waals surface area contributed by atoms with E-state index in [1.165, 1.54) is 0 Å². The van der Waals surface area contributed by atoms with Crippen LogP contribution in [0.3, 0.4) is 0 Å². The summed E-state index contributed by atoms with van der Waals surface area (Å²) in [5.41, 5.74) is 1.53. The second kappa shape index (κ2) is 17.6. The fourth-order valence-corrected chi connectivity index (χ4v) is 24.5. The Bertz CT molecular complexity index is 2530. The summed E-state index contributed by atoms with van der Waals surface area (Å²) in [4.78, 5) is 0. The minimum absolute atomic E-state index is 0.0556. The van der Waals surface area contributed by atoms with E-state index in [1.54, 1.807) is 0 Å². The van der Waals surface area contributed by atoms with Crippen LogP contribution in [0, 0.1) is 0 Å². The Hall–Kier alpha value is -5.64. The molecule has 8 nitrogen and oxygen atoms in total. The van der Waals surface area contributed by atoms with Crippen molar-refractivity contribution in [3.63, 3.8) is 0 Å². The third-order valence-electron chi connectivity index (χ3n) is 11.2. The van der Waals surface area contributed by atoms with Crippen LogP contribution in [0.5, 0.6) is 0 Å². The van der Waals surface area contributed by atoms with Crippen LogP contribution in [-0.4, -0.2) is 16.8 Å². The Balaban J connectivity index is 1.31. The van der Waals surface area contributed by atoms with Gasteiger partial charge in [0.15, 0.2) is 0 Å². The molecule has 0 aliphatic carbocycles. The van der Waals surface area contributed by atoms with Crippen LogP contribution >= 0.6 is 13.7 Å². The van der Waals surface area contributed by atoms with Gasteiger partial charge in [-0.2, -0.15) is 0 Å². The van der Waals surface area contributed by atoms with E-state index in [4.69, 9.17) is 16.6 Å². The third kappa shape index (κ3) is 7.97. The molecule has 0 heterocycles. The average molecular weight is 899 g/mol. The van der Waals surface area contributed by atoms with E-state index in [9.17, 15) is 16.8 Å². The van der Waals surface area contributed by atoms with Crippen LogP contribution in [0.25, 0.3) is 0 Å². The molecule has 314 valence electrons. The van der Waals surface area contributed by atoms with E-state index in [1.807, 2.05) is 243 Å². The first kappa shape index (κ1) is 43.0. The molecule has 0 saturated carbocycles. The molecule has 0 atom stereocenters. The summed E-state index contributed by atoms with van der Waals surface area (Å²) < 4.78 is 83.5. The molecular weight excluding hydrogens is 855 g/mol. The van der Waals surface area contributed by atoms with Crippen molar-refractivity contribution in [3.8, 4) is 0 Å². The summed E-state index contributed by atoms with van der Waals surface area (Å²) in [6, 6.07) is 73.4. The second-order valence-electron chi connectivity index (χ2n) is 14.8. The first-order valence-electron chi connectivity index (χ1n) is 19.8. The topological polar surface area (TPSA) is 105 Å². The van der Waals surface area contributed by atoms with Crippen LogP contribution in [0.4, 0.5) is 0 Å². The van der Waals surface area contributed by atoms with Crippen molar-refractivity contribution in [1.82, 2.24) is 0 Å². The summed E-state index contributed by atoms with van der Waals surface area (Å²) in [5, 5.41) is 3.31. The first-order valence-corrected chi connectivity index (χ1v) is 27.2. The van der Waals surface area contributed by atoms with Crippen molar-refractivity contribution in [1.29, 1.82) is 0 Å². The maximum atomic E-state index is 14.9. The normalized spacial score (nSPS) is 13.5. The zero-order valence-electron chi connectivity index (χ0n) is 33.5. The monoisotopic (exact) mass is 898 g/mol. The molecule has 0 spiro atoms. The average Bonchev–Trinajstić information content (AvgIpc) is 3.33. The van der Waals surface area contributed by atoms with Crippen molar-refractivity contribution in [2.45, 2.75) is 12.3 Å². The van der Waals surface area contributed by atoms with Gasteiger partial charge in [0.1, 0.15) is 0 Å². The van der Waals surface area contributed by atoms with E-state index < -0.39 is 34.5 Å². The molecular formula is C50H44O8P2S2. The molecule has 8 aromatic carbocycles.